The Hall–Kier alpha value is -3.96. The van der Waals surface area contributed by atoms with Gasteiger partial charge in [0.15, 0.2) is 11.9 Å². The van der Waals surface area contributed by atoms with E-state index in [2.05, 4.69) is 9.97 Å². The summed E-state index contributed by atoms with van der Waals surface area (Å²) in [5.74, 6) is -0.789. The zero-order valence-electron chi connectivity index (χ0n) is 21.8. The molecule has 0 unspecified atom stereocenters. The van der Waals surface area contributed by atoms with Gasteiger partial charge in [-0.15, -0.1) is 11.8 Å². The van der Waals surface area contributed by atoms with Gasteiger partial charge in [-0.05, 0) is 43.4 Å². The Bertz CT molecular complexity index is 1540. The molecule has 3 atom stereocenters. The predicted octanol–water partition coefficient (Wildman–Crippen LogP) is 4.76. The maximum absolute atomic E-state index is 12.8. The molecule has 2 aromatic carbocycles. The maximum atomic E-state index is 12.8. The number of fused-ring (bicyclic) bond motifs is 1. The van der Waals surface area contributed by atoms with Crippen molar-refractivity contribution in [2.24, 2.45) is 0 Å². The van der Waals surface area contributed by atoms with Crippen molar-refractivity contribution in [1.82, 2.24) is 19.7 Å². The lowest BCUT2D eigenvalue weighted by Crippen LogP contribution is -2.25. The highest BCUT2D eigenvalue weighted by Gasteiger charge is 2.41. The third-order valence-electron chi connectivity index (χ3n) is 6.78. The van der Waals surface area contributed by atoms with Gasteiger partial charge < -0.3 is 20.3 Å². The number of carbonyl (C=O) groups excluding carboxylic acids is 1. The molecule has 202 valence electrons. The number of nitrogens with zero attached hydrogens (tertiary/aromatic N) is 4. The topological polar surface area (TPSA) is 142 Å². The number of aryl methyl sites for hydroxylation is 2. The van der Waals surface area contributed by atoms with Crippen LogP contribution in [0.1, 0.15) is 62.9 Å². The lowest BCUT2D eigenvalue weighted by Gasteiger charge is -2.20. The number of carboxylic acids is 1. The molecule has 1 saturated heterocycles. The number of rotatable bonds is 8. The molecule has 1 fully saturated rings. The van der Waals surface area contributed by atoms with Crippen LogP contribution in [0.15, 0.2) is 53.8 Å². The molecular weight excluding hydrogens is 518 g/mol. The summed E-state index contributed by atoms with van der Waals surface area (Å²) in [5.41, 5.74) is 9.89. The number of anilines is 1. The number of nitrogens with two attached hydrogens (primary N) is 1. The van der Waals surface area contributed by atoms with E-state index in [1.807, 2.05) is 39.0 Å². The second kappa shape index (κ2) is 11.0. The molecule has 39 heavy (non-hydrogen) atoms. The molecule has 0 spiro atoms. The maximum Gasteiger partial charge on any atom is 0.338 e. The van der Waals surface area contributed by atoms with Gasteiger partial charge in [0.25, 0.3) is 0 Å². The van der Waals surface area contributed by atoms with Crippen LogP contribution < -0.4 is 5.73 Å². The first-order chi connectivity index (χ1) is 18.8. The van der Waals surface area contributed by atoms with Crippen LogP contribution in [0.4, 0.5) is 5.82 Å². The van der Waals surface area contributed by atoms with Crippen molar-refractivity contribution >= 4 is 40.6 Å². The predicted molar refractivity (Wildman–Crippen MR) is 147 cm³/mol. The van der Waals surface area contributed by atoms with Gasteiger partial charge >= 0.3 is 11.9 Å². The Morgan fingerprint density at radius 1 is 1.15 bits per heavy atom. The fourth-order valence-corrected chi connectivity index (χ4v) is 5.64. The third kappa shape index (κ3) is 5.32. The molecule has 4 aromatic rings. The quantitative estimate of drug-likeness (QED) is 0.234. The Labute approximate surface area is 229 Å². The second-order valence-corrected chi connectivity index (χ2v) is 10.7. The van der Waals surface area contributed by atoms with Crippen LogP contribution in [0.5, 0.6) is 0 Å². The molecule has 1 aliphatic heterocycles. The number of benzene rings is 2. The number of hydrogen-bond donors (Lipinski definition) is 2. The van der Waals surface area contributed by atoms with Gasteiger partial charge in [0.1, 0.15) is 29.9 Å². The summed E-state index contributed by atoms with van der Waals surface area (Å²) in [6.07, 6.45) is 0.563. The van der Waals surface area contributed by atoms with E-state index in [9.17, 15) is 14.7 Å². The number of esters is 1. The molecule has 0 amide bonds. The molecule has 10 nitrogen and oxygen atoms in total. The zero-order valence-corrected chi connectivity index (χ0v) is 22.6. The number of carbonyl (C=O) groups is 2. The highest BCUT2D eigenvalue weighted by atomic mass is 32.2. The summed E-state index contributed by atoms with van der Waals surface area (Å²) >= 11 is 1.52. The average molecular weight is 548 g/mol. The lowest BCUT2D eigenvalue weighted by atomic mass is 9.87. The van der Waals surface area contributed by atoms with Crippen LogP contribution in [0.3, 0.4) is 0 Å². The van der Waals surface area contributed by atoms with Crippen molar-refractivity contribution < 1.29 is 24.2 Å². The Kier molecular flexibility index (Phi) is 7.53. The highest BCUT2D eigenvalue weighted by molar-refractivity contribution is 7.99. The van der Waals surface area contributed by atoms with Crippen molar-refractivity contribution in [1.29, 1.82) is 0 Å². The second-order valence-electron chi connectivity index (χ2n) is 9.47. The zero-order chi connectivity index (χ0) is 27.7. The van der Waals surface area contributed by atoms with E-state index in [1.54, 1.807) is 28.9 Å². The van der Waals surface area contributed by atoms with E-state index in [0.29, 0.717) is 39.4 Å². The minimum absolute atomic E-state index is 0.0617. The third-order valence-corrected chi connectivity index (χ3v) is 7.63. The van der Waals surface area contributed by atoms with Crippen molar-refractivity contribution in [2.45, 2.75) is 50.5 Å². The number of aromatic nitrogens is 4. The molecule has 0 saturated carbocycles. The normalized spacial score (nSPS) is 18.9. The first-order valence-corrected chi connectivity index (χ1v) is 13.6. The Morgan fingerprint density at radius 3 is 2.62 bits per heavy atom. The van der Waals surface area contributed by atoms with E-state index in [1.165, 1.54) is 18.1 Å². The SMILES string of the molecule is CCSc1nn([C@H]2C[C@@H](c3cc(C)ccc3C(=O)O)[C@H](COC(=O)c3ccc(C)cc3)O2)c2ncnc(N)c12. The van der Waals surface area contributed by atoms with Crippen LogP contribution >= 0.6 is 11.8 Å². The average Bonchev–Trinajstić information content (AvgIpc) is 3.50. The molecule has 3 heterocycles. The van der Waals surface area contributed by atoms with Gasteiger partial charge in [-0.3, -0.25) is 0 Å². The largest absolute Gasteiger partial charge is 0.478 e. The number of carboxylic acid groups (broad SMARTS) is 1. The van der Waals surface area contributed by atoms with E-state index >= 15 is 0 Å². The van der Waals surface area contributed by atoms with E-state index < -0.39 is 24.3 Å². The monoisotopic (exact) mass is 547 g/mol. The van der Waals surface area contributed by atoms with Crippen molar-refractivity contribution in [2.75, 3.05) is 18.1 Å². The lowest BCUT2D eigenvalue weighted by molar-refractivity contribution is -0.0384. The molecule has 0 radical (unpaired) electrons. The summed E-state index contributed by atoms with van der Waals surface area (Å²) in [6.45, 7) is 5.80. The summed E-state index contributed by atoms with van der Waals surface area (Å²) in [5, 5.41) is 16.0. The standard InChI is InChI=1S/C28H29N5O5S/c1-4-39-26-23-24(29)30-14-31-25(23)33(32-26)22-12-20(19-11-16(3)7-10-18(19)27(34)35)21(38-22)13-37-28(36)17-8-5-15(2)6-9-17/h5-11,14,20-22H,4,12-13H2,1-3H3,(H,34,35)(H2,29,30,31)/t20-,21-,22+/m0/s1. The van der Waals surface area contributed by atoms with Gasteiger partial charge in [0.2, 0.25) is 0 Å². The summed E-state index contributed by atoms with van der Waals surface area (Å²) in [6, 6.07) is 12.3. The van der Waals surface area contributed by atoms with Crippen molar-refractivity contribution in [3.8, 4) is 0 Å². The van der Waals surface area contributed by atoms with Gasteiger partial charge in [-0.1, -0.05) is 42.3 Å². The highest BCUT2D eigenvalue weighted by Crippen LogP contribution is 2.43. The number of thioether (sulfide) groups is 1. The fraction of sp³-hybridized carbons (Fsp3) is 0.321. The smallest absolute Gasteiger partial charge is 0.338 e. The van der Waals surface area contributed by atoms with E-state index in [4.69, 9.17) is 20.3 Å². The molecule has 5 rings (SSSR count). The van der Waals surface area contributed by atoms with Crippen LogP contribution in [-0.4, -0.2) is 55.3 Å². The van der Waals surface area contributed by atoms with Crippen LogP contribution in [0, 0.1) is 13.8 Å². The first-order valence-electron chi connectivity index (χ1n) is 12.6. The number of hydrogen-bond acceptors (Lipinski definition) is 9. The molecule has 3 N–H and O–H groups in total. The van der Waals surface area contributed by atoms with E-state index in [-0.39, 0.29) is 18.1 Å². The summed E-state index contributed by atoms with van der Waals surface area (Å²) in [4.78, 5) is 33.5. The fourth-order valence-electron chi connectivity index (χ4n) is 4.88. The Balaban J connectivity index is 1.51. The first kappa shape index (κ1) is 26.6. The van der Waals surface area contributed by atoms with Gasteiger partial charge in [-0.2, -0.15) is 5.10 Å². The minimum atomic E-state index is -1.03. The van der Waals surface area contributed by atoms with Crippen molar-refractivity contribution in [3.63, 3.8) is 0 Å². The summed E-state index contributed by atoms with van der Waals surface area (Å²) in [7, 11) is 0. The molecule has 11 heteroatoms. The number of ether oxygens (including phenoxy) is 2. The number of nitrogen functional groups attached to an aromatic ring is 1. The molecule has 0 bridgehead atoms. The summed E-state index contributed by atoms with van der Waals surface area (Å²) < 4.78 is 13.8. The Morgan fingerprint density at radius 2 is 1.90 bits per heavy atom. The van der Waals surface area contributed by atoms with Gasteiger partial charge in [-0.25, -0.2) is 24.2 Å². The van der Waals surface area contributed by atoms with Gasteiger partial charge in [0, 0.05) is 12.3 Å². The molecule has 1 aliphatic rings. The molecule has 0 aliphatic carbocycles. The van der Waals surface area contributed by atoms with Crippen LogP contribution in [0.25, 0.3) is 11.0 Å². The van der Waals surface area contributed by atoms with Crippen LogP contribution in [0.2, 0.25) is 0 Å². The van der Waals surface area contributed by atoms with E-state index in [0.717, 1.165) is 16.9 Å². The van der Waals surface area contributed by atoms with Gasteiger partial charge in [0.05, 0.1) is 16.5 Å². The minimum Gasteiger partial charge on any atom is -0.478 e. The molecule has 2 aromatic heterocycles. The van der Waals surface area contributed by atoms with Crippen molar-refractivity contribution in [3.05, 3.63) is 76.6 Å². The molecular formula is C28H29N5O5S. The number of aromatic carboxylic acids is 1. The van der Waals surface area contributed by atoms with Crippen LogP contribution in [-0.2, 0) is 9.47 Å².